The smallest absolute Gasteiger partial charge is 0.133 e. The zero-order valence-corrected chi connectivity index (χ0v) is 11.2. The Bertz CT molecular complexity index is 393. The van der Waals surface area contributed by atoms with Gasteiger partial charge in [-0.25, -0.2) is 4.99 Å². The van der Waals surface area contributed by atoms with E-state index in [1.807, 2.05) is 13.0 Å². The summed E-state index contributed by atoms with van der Waals surface area (Å²) in [4.78, 5) is 8.15. The van der Waals surface area contributed by atoms with Gasteiger partial charge in [-0.1, -0.05) is 27.5 Å². The van der Waals surface area contributed by atoms with Gasteiger partial charge < -0.3 is 4.74 Å². The normalized spacial score (nSPS) is 12.1. The lowest BCUT2D eigenvalue weighted by atomic mass is 10.4. The summed E-state index contributed by atoms with van der Waals surface area (Å²) in [5, 5.41) is 1.36. The van der Waals surface area contributed by atoms with Crippen LogP contribution in [0.15, 0.2) is 35.3 Å². The first kappa shape index (κ1) is 13.2. The van der Waals surface area contributed by atoms with Gasteiger partial charge in [0.1, 0.15) is 5.76 Å². The summed E-state index contributed by atoms with van der Waals surface area (Å²) in [5.41, 5.74) is 0.631. The van der Waals surface area contributed by atoms with E-state index in [0.29, 0.717) is 23.1 Å². The molecule has 16 heavy (non-hydrogen) atoms. The molecule has 3 nitrogen and oxygen atoms in total. The largest absolute Gasteiger partial charge is 0.491 e. The second-order valence-corrected chi connectivity index (χ2v) is 4.01. The Labute approximate surface area is 108 Å². The molecule has 0 bridgehead atoms. The monoisotopic (exact) mass is 302 g/mol. The molecular formula is C11H12BrClN2O. The van der Waals surface area contributed by atoms with Gasteiger partial charge in [0.15, 0.2) is 0 Å². The molecule has 0 unspecified atom stereocenters. The van der Waals surface area contributed by atoms with E-state index in [-0.39, 0.29) is 0 Å². The number of rotatable bonds is 5. The first-order valence-electron chi connectivity index (χ1n) is 4.76. The molecule has 1 aromatic rings. The number of alkyl halides is 1. The zero-order valence-electron chi connectivity index (χ0n) is 8.86. The molecule has 0 N–H and O–H groups in total. The topological polar surface area (TPSA) is 34.5 Å². The van der Waals surface area contributed by atoms with E-state index in [1.165, 1.54) is 0 Å². The van der Waals surface area contributed by atoms with Crippen molar-refractivity contribution in [2.75, 3.05) is 11.9 Å². The van der Waals surface area contributed by atoms with Crippen molar-refractivity contribution >= 4 is 39.4 Å². The van der Waals surface area contributed by atoms with Crippen molar-refractivity contribution in [3.8, 4) is 0 Å². The molecule has 0 amide bonds. The molecule has 5 heteroatoms. The fourth-order valence-corrected chi connectivity index (χ4v) is 1.26. The van der Waals surface area contributed by atoms with E-state index in [9.17, 15) is 0 Å². The molecule has 0 aliphatic carbocycles. The van der Waals surface area contributed by atoms with Crippen molar-refractivity contribution in [2.24, 2.45) is 4.99 Å². The van der Waals surface area contributed by atoms with Gasteiger partial charge >= 0.3 is 0 Å². The third-order valence-electron chi connectivity index (χ3n) is 1.71. The summed E-state index contributed by atoms with van der Waals surface area (Å²) in [6.45, 7) is 2.49. The molecule has 0 saturated carbocycles. The second kappa shape index (κ2) is 7.41. The number of nitrogens with zero attached hydrogens (tertiary/aromatic N) is 2. The highest BCUT2D eigenvalue weighted by Gasteiger charge is 1.97. The molecule has 0 spiro atoms. The first-order valence-corrected chi connectivity index (χ1v) is 6.26. The van der Waals surface area contributed by atoms with Crippen molar-refractivity contribution in [2.45, 2.75) is 6.92 Å². The molecule has 0 aromatic carbocycles. The fraction of sp³-hybridized carbons (Fsp3) is 0.273. The number of aromatic nitrogens is 1. The highest BCUT2D eigenvalue weighted by molar-refractivity contribution is 9.09. The van der Waals surface area contributed by atoms with E-state index in [2.05, 4.69) is 25.9 Å². The van der Waals surface area contributed by atoms with E-state index >= 15 is 0 Å². The predicted molar refractivity (Wildman–Crippen MR) is 70.9 cm³/mol. The first-order chi connectivity index (χ1) is 7.77. The summed E-state index contributed by atoms with van der Waals surface area (Å²) in [6.07, 6.45) is 6.71. The summed E-state index contributed by atoms with van der Waals surface area (Å²) >= 11 is 9.22. The average molecular weight is 304 g/mol. The van der Waals surface area contributed by atoms with Crippen LogP contribution in [0.2, 0.25) is 5.02 Å². The minimum atomic E-state index is 0.571. The minimum absolute atomic E-state index is 0.571. The number of hydrogen-bond donors (Lipinski definition) is 0. The number of halogens is 2. The Hall–Kier alpha value is -0.870. The van der Waals surface area contributed by atoms with Crippen molar-refractivity contribution in [3.63, 3.8) is 0 Å². The Morgan fingerprint density at radius 3 is 3.12 bits per heavy atom. The molecule has 0 saturated heterocycles. The summed E-state index contributed by atoms with van der Waals surface area (Å²) in [5.74, 6) is 0.708. The van der Waals surface area contributed by atoms with Crippen LogP contribution in [0.5, 0.6) is 0 Å². The van der Waals surface area contributed by atoms with Crippen molar-refractivity contribution < 1.29 is 4.74 Å². The van der Waals surface area contributed by atoms with Crippen LogP contribution in [-0.2, 0) is 4.74 Å². The average Bonchev–Trinajstić information content (AvgIpc) is 2.31. The molecule has 1 aromatic heterocycles. The highest BCUT2D eigenvalue weighted by atomic mass is 79.9. The van der Waals surface area contributed by atoms with Crippen molar-refractivity contribution in [1.29, 1.82) is 0 Å². The summed E-state index contributed by atoms with van der Waals surface area (Å²) in [7, 11) is 0. The van der Waals surface area contributed by atoms with Crippen molar-refractivity contribution in [1.82, 2.24) is 4.98 Å². The van der Waals surface area contributed by atoms with Crippen LogP contribution < -0.4 is 0 Å². The predicted octanol–water partition coefficient (Wildman–Crippen LogP) is 3.75. The third kappa shape index (κ3) is 4.33. The Kier molecular flexibility index (Phi) is 6.11. The van der Waals surface area contributed by atoms with Gasteiger partial charge in [-0.05, 0) is 19.1 Å². The van der Waals surface area contributed by atoms with Gasteiger partial charge in [0.2, 0.25) is 0 Å². The van der Waals surface area contributed by atoms with E-state index in [4.69, 9.17) is 16.3 Å². The summed E-state index contributed by atoms with van der Waals surface area (Å²) in [6, 6.07) is 1.70. The van der Waals surface area contributed by atoms with Crippen molar-refractivity contribution in [3.05, 3.63) is 35.3 Å². The molecule has 1 rings (SSSR count). The molecule has 86 valence electrons. The van der Waals surface area contributed by atoms with E-state index < -0.39 is 0 Å². The molecule has 0 fully saturated rings. The third-order valence-corrected chi connectivity index (χ3v) is 2.35. The highest BCUT2D eigenvalue weighted by Crippen LogP contribution is 2.22. The number of ether oxygens (including phenoxy) is 1. The van der Waals surface area contributed by atoms with Gasteiger partial charge in [-0.3, -0.25) is 4.98 Å². The van der Waals surface area contributed by atoms with Gasteiger partial charge in [-0.15, -0.1) is 0 Å². The number of allylic oxidation sites excluding steroid dienone is 2. The van der Waals surface area contributed by atoms with Crippen LogP contribution in [-0.4, -0.2) is 23.1 Å². The van der Waals surface area contributed by atoms with Crippen LogP contribution in [0, 0.1) is 0 Å². The fourth-order valence-electron chi connectivity index (χ4n) is 0.949. The van der Waals surface area contributed by atoms with Gasteiger partial charge in [0.25, 0.3) is 0 Å². The van der Waals surface area contributed by atoms with Gasteiger partial charge in [0, 0.05) is 11.5 Å². The standard InChI is InChI=1S/C11H12BrClN2O/c1-2-9(16-6-4-12)7-15-11-8-14-5-3-10(11)13/h2-3,5,7-8H,4,6H2,1H3/b9-2+,15-7?. The lowest BCUT2D eigenvalue weighted by molar-refractivity contribution is 0.255. The maximum Gasteiger partial charge on any atom is 0.133 e. The number of aliphatic imine (C=N–C) groups is 1. The van der Waals surface area contributed by atoms with Crippen LogP contribution in [0.4, 0.5) is 5.69 Å². The van der Waals surface area contributed by atoms with E-state index in [0.717, 1.165) is 5.33 Å². The van der Waals surface area contributed by atoms with Crippen LogP contribution in [0.25, 0.3) is 0 Å². The molecule has 0 aliphatic rings. The Morgan fingerprint density at radius 1 is 1.69 bits per heavy atom. The molecular weight excluding hydrogens is 291 g/mol. The molecule has 0 atom stereocenters. The summed E-state index contributed by atoms with van der Waals surface area (Å²) < 4.78 is 5.40. The lowest BCUT2D eigenvalue weighted by Gasteiger charge is -2.03. The van der Waals surface area contributed by atoms with Crippen LogP contribution >= 0.6 is 27.5 Å². The maximum absolute atomic E-state index is 5.93. The molecule has 0 aliphatic heterocycles. The minimum Gasteiger partial charge on any atom is -0.491 e. The Morgan fingerprint density at radius 2 is 2.50 bits per heavy atom. The Balaban J connectivity index is 2.68. The maximum atomic E-state index is 5.93. The van der Waals surface area contributed by atoms with Crippen LogP contribution in [0.3, 0.4) is 0 Å². The lowest BCUT2D eigenvalue weighted by Crippen LogP contribution is -1.96. The SMILES string of the molecule is C/C=C(\C=Nc1cnccc1Cl)OCCBr. The second-order valence-electron chi connectivity index (χ2n) is 2.81. The molecule has 1 heterocycles. The quantitative estimate of drug-likeness (QED) is 0.471. The van der Waals surface area contributed by atoms with Crippen LogP contribution in [0.1, 0.15) is 6.92 Å². The number of hydrogen-bond acceptors (Lipinski definition) is 3. The van der Waals surface area contributed by atoms with Gasteiger partial charge in [-0.2, -0.15) is 0 Å². The molecule has 0 radical (unpaired) electrons. The zero-order chi connectivity index (χ0) is 11.8. The van der Waals surface area contributed by atoms with Gasteiger partial charge in [0.05, 0.1) is 29.7 Å². The van der Waals surface area contributed by atoms with E-state index in [1.54, 1.807) is 24.7 Å². The number of pyridine rings is 1.